The molecule has 0 spiro atoms. The highest BCUT2D eigenvalue weighted by Gasteiger charge is 1.99. The van der Waals surface area contributed by atoms with Crippen LogP contribution in [0.15, 0.2) is 12.4 Å². The molecule has 2 N–H and O–H groups in total. The molecule has 0 aliphatic heterocycles. The Bertz CT molecular complexity index is 322. The Hall–Kier alpha value is -1.10. The molecule has 0 aliphatic carbocycles. The summed E-state index contributed by atoms with van der Waals surface area (Å²) in [6.07, 6.45) is 6.99. The third-order valence-electron chi connectivity index (χ3n) is 2.37. The minimum Gasteiger partial charge on any atom is -0.363 e. The third kappa shape index (κ3) is 4.61. The van der Waals surface area contributed by atoms with E-state index in [1.54, 1.807) is 0 Å². The summed E-state index contributed by atoms with van der Waals surface area (Å²) in [5, 5.41) is 7.08. The van der Waals surface area contributed by atoms with Gasteiger partial charge in [-0.15, -0.1) is 0 Å². The van der Waals surface area contributed by atoms with Crippen molar-refractivity contribution in [1.29, 1.82) is 0 Å². The summed E-state index contributed by atoms with van der Waals surface area (Å²) in [6, 6.07) is 0. The van der Waals surface area contributed by atoms with Crippen molar-refractivity contribution in [1.82, 2.24) is 20.2 Å². The summed E-state index contributed by atoms with van der Waals surface area (Å²) in [6.45, 7) is 3.94. The van der Waals surface area contributed by atoms with Crippen molar-refractivity contribution in [3.05, 3.63) is 18.2 Å². The minimum atomic E-state index is 0.739. The lowest BCUT2D eigenvalue weighted by molar-refractivity contribution is 0.718. The summed E-state index contributed by atoms with van der Waals surface area (Å²) < 4.78 is 2.02. The van der Waals surface area contributed by atoms with E-state index in [2.05, 4.69) is 22.5 Å². The molecule has 0 aromatic carbocycles. The van der Waals surface area contributed by atoms with E-state index >= 15 is 0 Å². The minimum absolute atomic E-state index is 0.739. The number of aryl methyl sites for hydroxylation is 1. The van der Waals surface area contributed by atoms with Crippen molar-refractivity contribution in [2.75, 3.05) is 13.1 Å². The van der Waals surface area contributed by atoms with E-state index in [4.69, 9.17) is 12.2 Å². The molecule has 90 valence electrons. The van der Waals surface area contributed by atoms with Gasteiger partial charge in [-0.3, -0.25) is 0 Å². The van der Waals surface area contributed by atoms with Gasteiger partial charge < -0.3 is 15.2 Å². The zero-order chi connectivity index (χ0) is 11.8. The van der Waals surface area contributed by atoms with Crippen molar-refractivity contribution in [3.63, 3.8) is 0 Å². The van der Waals surface area contributed by atoms with Gasteiger partial charge in [0.15, 0.2) is 5.11 Å². The Morgan fingerprint density at radius 1 is 1.44 bits per heavy atom. The Labute approximate surface area is 102 Å². The number of hydrogen-bond donors (Lipinski definition) is 2. The van der Waals surface area contributed by atoms with Crippen molar-refractivity contribution in [2.24, 2.45) is 7.05 Å². The van der Waals surface area contributed by atoms with E-state index in [0.717, 1.165) is 36.9 Å². The molecule has 0 amide bonds. The van der Waals surface area contributed by atoms with Crippen LogP contribution in [0.5, 0.6) is 0 Å². The lowest BCUT2D eigenvalue weighted by atomic mass is 10.3. The van der Waals surface area contributed by atoms with Crippen molar-refractivity contribution in [2.45, 2.75) is 26.2 Å². The molecule has 0 saturated heterocycles. The van der Waals surface area contributed by atoms with E-state index < -0.39 is 0 Å². The van der Waals surface area contributed by atoms with Gasteiger partial charge >= 0.3 is 0 Å². The number of thiocarbonyl (C=S) groups is 1. The molecule has 0 unspecified atom stereocenters. The van der Waals surface area contributed by atoms with Crippen molar-refractivity contribution >= 4 is 17.3 Å². The highest BCUT2D eigenvalue weighted by Crippen LogP contribution is 1.93. The van der Waals surface area contributed by atoms with Crippen molar-refractivity contribution < 1.29 is 0 Å². The second-order valence-electron chi connectivity index (χ2n) is 3.74. The molecule has 0 radical (unpaired) electrons. The van der Waals surface area contributed by atoms with Crippen LogP contribution in [0.4, 0.5) is 0 Å². The molecule has 0 aliphatic rings. The first-order valence-corrected chi connectivity index (χ1v) is 6.12. The first-order valence-electron chi connectivity index (χ1n) is 5.72. The predicted octanol–water partition coefficient (Wildman–Crippen LogP) is 1.23. The van der Waals surface area contributed by atoms with Gasteiger partial charge in [0.1, 0.15) is 5.82 Å². The Morgan fingerprint density at radius 3 is 2.81 bits per heavy atom. The number of rotatable bonds is 6. The quantitative estimate of drug-likeness (QED) is 0.580. The van der Waals surface area contributed by atoms with Gasteiger partial charge in [0.25, 0.3) is 0 Å². The van der Waals surface area contributed by atoms with Crippen LogP contribution >= 0.6 is 12.2 Å². The average Bonchev–Trinajstić information content (AvgIpc) is 2.65. The first kappa shape index (κ1) is 13.0. The Morgan fingerprint density at radius 2 is 2.19 bits per heavy atom. The van der Waals surface area contributed by atoms with Crippen LogP contribution < -0.4 is 10.6 Å². The second-order valence-corrected chi connectivity index (χ2v) is 4.15. The van der Waals surface area contributed by atoms with Gasteiger partial charge in [0.2, 0.25) is 0 Å². The molecule has 1 rings (SSSR count). The summed E-state index contributed by atoms with van der Waals surface area (Å²) in [7, 11) is 2.00. The number of aromatic nitrogens is 2. The van der Waals surface area contributed by atoms with Gasteiger partial charge in [-0.25, -0.2) is 4.98 Å². The number of hydrogen-bond acceptors (Lipinski definition) is 2. The fourth-order valence-electron chi connectivity index (χ4n) is 1.37. The highest BCUT2D eigenvalue weighted by atomic mass is 32.1. The topological polar surface area (TPSA) is 41.9 Å². The van der Waals surface area contributed by atoms with Gasteiger partial charge in [-0.2, -0.15) is 0 Å². The highest BCUT2D eigenvalue weighted by molar-refractivity contribution is 7.80. The van der Waals surface area contributed by atoms with Crippen LogP contribution in [0.25, 0.3) is 0 Å². The SMILES string of the molecule is CCCCNC(=S)NCCc1nccn1C. The van der Waals surface area contributed by atoms with Crippen LogP contribution in [0.3, 0.4) is 0 Å². The molecule has 16 heavy (non-hydrogen) atoms. The largest absolute Gasteiger partial charge is 0.363 e. The predicted molar refractivity (Wildman–Crippen MR) is 70.4 cm³/mol. The summed E-state index contributed by atoms with van der Waals surface area (Å²) in [5.74, 6) is 1.07. The molecule has 0 atom stereocenters. The zero-order valence-corrected chi connectivity index (χ0v) is 10.8. The van der Waals surface area contributed by atoms with Crippen LogP contribution in [-0.4, -0.2) is 27.8 Å². The zero-order valence-electron chi connectivity index (χ0n) is 9.99. The molecule has 1 aromatic rings. The van der Waals surface area contributed by atoms with Crippen LogP contribution in [0, 0.1) is 0 Å². The van der Waals surface area contributed by atoms with E-state index in [-0.39, 0.29) is 0 Å². The fraction of sp³-hybridized carbons (Fsp3) is 0.636. The lowest BCUT2D eigenvalue weighted by Crippen LogP contribution is -2.37. The van der Waals surface area contributed by atoms with E-state index in [1.165, 1.54) is 6.42 Å². The monoisotopic (exact) mass is 240 g/mol. The first-order chi connectivity index (χ1) is 7.74. The molecule has 1 aromatic heterocycles. The van der Waals surface area contributed by atoms with Crippen LogP contribution in [-0.2, 0) is 13.5 Å². The van der Waals surface area contributed by atoms with Crippen molar-refractivity contribution in [3.8, 4) is 0 Å². The molecule has 5 heteroatoms. The maximum absolute atomic E-state index is 5.15. The van der Waals surface area contributed by atoms with E-state index in [9.17, 15) is 0 Å². The summed E-state index contributed by atoms with van der Waals surface area (Å²) >= 11 is 5.15. The normalized spacial score (nSPS) is 10.1. The Balaban J connectivity index is 2.11. The average molecular weight is 240 g/mol. The standard InChI is InChI=1S/C11H20N4S/c1-3-4-6-13-11(16)14-7-5-10-12-8-9-15(10)2/h8-9H,3-7H2,1-2H3,(H2,13,14,16). The Kier molecular flexibility index (Phi) is 5.85. The number of unbranched alkanes of at least 4 members (excludes halogenated alkanes) is 1. The maximum Gasteiger partial charge on any atom is 0.166 e. The number of nitrogens with one attached hydrogen (secondary N) is 2. The molecule has 0 saturated carbocycles. The number of nitrogens with zero attached hydrogens (tertiary/aromatic N) is 2. The molecule has 4 nitrogen and oxygen atoms in total. The molecular weight excluding hydrogens is 220 g/mol. The molecule has 0 fully saturated rings. The third-order valence-corrected chi connectivity index (χ3v) is 2.66. The van der Waals surface area contributed by atoms with Gasteiger partial charge in [-0.1, -0.05) is 13.3 Å². The summed E-state index contributed by atoms with van der Waals surface area (Å²) in [5.41, 5.74) is 0. The number of imidazole rings is 1. The smallest absolute Gasteiger partial charge is 0.166 e. The summed E-state index contributed by atoms with van der Waals surface area (Å²) in [4.78, 5) is 4.25. The second kappa shape index (κ2) is 7.22. The molecule has 1 heterocycles. The van der Waals surface area contributed by atoms with Gasteiger partial charge in [-0.05, 0) is 18.6 Å². The van der Waals surface area contributed by atoms with Crippen LogP contribution in [0.1, 0.15) is 25.6 Å². The van der Waals surface area contributed by atoms with Crippen LogP contribution in [0.2, 0.25) is 0 Å². The fourth-order valence-corrected chi connectivity index (χ4v) is 1.57. The van der Waals surface area contributed by atoms with E-state index in [1.807, 2.05) is 24.0 Å². The van der Waals surface area contributed by atoms with Gasteiger partial charge in [0, 0.05) is 39.0 Å². The molecular formula is C11H20N4S. The maximum atomic E-state index is 5.15. The lowest BCUT2D eigenvalue weighted by Gasteiger charge is -2.09. The van der Waals surface area contributed by atoms with Gasteiger partial charge in [0.05, 0.1) is 0 Å². The van der Waals surface area contributed by atoms with E-state index in [0.29, 0.717) is 0 Å². The molecule has 0 bridgehead atoms.